The van der Waals surface area contributed by atoms with Crippen molar-refractivity contribution in [2.45, 2.75) is 26.4 Å². The number of amides is 2. The Kier molecular flexibility index (Phi) is 6.51. The molecule has 0 saturated heterocycles. The lowest BCUT2D eigenvalue weighted by molar-refractivity contribution is 0.0983. The molecule has 0 aliphatic rings. The van der Waals surface area contributed by atoms with Crippen LogP contribution >= 0.6 is 0 Å². The summed E-state index contributed by atoms with van der Waals surface area (Å²) in [6.07, 6.45) is 0.277. The number of carbonyl (C=O) groups excluding carboxylic acids is 2. The number of urea groups is 1. The Balaban J connectivity index is 1.71. The molecule has 5 heteroatoms. The van der Waals surface area contributed by atoms with Crippen molar-refractivity contribution in [2.24, 2.45) is 5.73 Å². The van der Waals surface area contributed by atoms with E-state index in [1.807, 2.05) is 55.5 Å². The Morgan fingerprint density at radius 2 is 1.71 bits per heavy atom. The highest BCUT2D eigenvalue weighted by atomic mass is 16.2. The lowest BCUT2D eigenvalue weighted by Gasteiger charge is -2.08. The molecule has 4 N–H and O–H groups in total. The van der Waals surface area contributed by atoms with Gasteiger partial charge in [-0.25, -0.2) is 4.79 Å². The van der Waals surface area contributed by atoms with E-state index >= 15 is 0 Å². The average molecular weight is 325 g/mol. The first kappa shape index (κ1) is 17.7. The van der Waals surface area contributed by atoms with Crippen molar-refractivity contribution < 1.29 is 9.59 Å². The van der Waals surface area contributed by atoms with Crippen LogP contribution in [0.1, 0.15) is 33.5 Å². The van der Waals surface area contributed by atoms with Crippen LogP contribution in [0.15, 0.2) is 48.5 Å². The molecule has 0 spiro atoms. The highest BCUT2D eigenvalue weighted by molar-refractivity contribution is 5.96. The molecule has 0 unspecified atom stereocenters. The van der Waals surface area contributed by atoms with Crippen LogP contribution in [0, 0.1) is 6.92 Å². The van der Waals surface area contributed by atoms with Gasteiger partial charge >= 0.3 is 6.03 Å². The van der Waals surface area contributed by atoms with Gasteiger partial charge in [-0.1, -0.05) is 54.1 Å². The van der Waals surface area contributed by atoms with E-state index in [0.717, 1.165) is 16.7 Å². The molecule has 2 aromatic carbocycles. The summed E-state index contributed by atoms with van der Waals surface area (Å²) in [5, 5.41) is 5.47. The number of aryl methyl sites for hydroxylation is 1. The zero-order valence-electron chi connectivity index (χ0n) is 13.8. The summed E-state index contributed by atoms with van der Waals surface area (Å²) < 4.78 is 0. The van der Waals surface area contributed by atoms with E-state index in [0.29, 0.717) is 25.2 Å². The smallest absolute Gasteiger partial charge is 0.315 e. The van der Waals surface area contributed by atoms with E-state index in [9.17, 15) is 9.59 Å². The molecule has 24 heavy (non-hydrogen) atoms. The van der Waals surface area contributed by atoms with Crippen LogP contribution in [-0.4, -0.2) is 18.4 Å². The van der Waals surface area contributed by atoms with Crippen molar-refractivity contribution in [1.82, 2.24) is 10.6 Å². The number of Topliss-reactive ketones (excluding diaryl/α,β-unsaturated/α-hetero) is 1. The summed E-state index contributed by atoms with van der Waals surface area (Å²) in [7, 11) is 0. The molecule has 0 aliphatic carbocycles. The predicted octanol–water partition coefficient (Wildman–Crippen LogP) is 2.53. The highest BCUT2D eigenvalue weighted by Crippen LogP contribution is 2.06. The minimum Gasteiger partial charge on any atom is -0.338 e. The van der Waals surface area contributed by atoms with E-state index in [1.165, 1.54) is 0 Å². The van der Waals surface area contributed by atoms with E-state index in [2.05, 4.69) is 10.6 Å². The van der Waals surface area contributed by atoms with Gasteiger partial charge in [0.2, 0.25) is 0 Å². The third-order valence-electron chi connectivity index (χ3n) is 3.69. The first-order valence-electron chi connectivity index (χ1n) is 7.98. The molecule has 0 aromatic heterocycles. The van der Waals surface area contributed by atoms with Crippen LogP contribution < -0.4 is 16.4 Å². The van der Waals surface area contributed by atoms with Gasteiger partial charge in [0.25, 0.3) is 0 Å². The second-order valence-corrected chi connectivity index (χ2v) is 5.67. The van der Waals surface area contributed by atoms with Gasteiger partial charge in [-0.3, -0.25) is 4.79 Å². The molecule has 5 nitrogen and oxygen atoms in total. The zero-order valence-corrected chi connectivity index (χ0v) is 13.8. The fraction of sp³-hybridized carbons (Fsp3) is 0.263. The molecule has 2 rings (SSSR count). The number of nitrogens with two attached hydrogens (primary N) is 1. The molecule has 0 saturated carbocycles. The third kappa shape index (κ3) is 5.52. The number of ketones is 1. The molecular formula is C19H23N3O2. The Labute approximate surface area is 142 Å². The van der Waals surface area contributed by atoms with Crippen LogP contribution in [-0.2, 0) is 13.1 Å². The number of hydrogen-bond donors (Lipinski definition) is 3. The van der Waals surface area contributed by atoms with Crippen molar-refractivity contribution >= 4 is 11.8 Å². The lowest BCUT2D eigenvalue weighted by atomic mass is 10.1. The van der Waals surface area contributed by atoms with Gasteiger partial charge in [0.1, 0.15) is 0 Å². The highest BCUT2D eigenvalue weighted by Gasteiger charge is 2.06. The minimum atomic E-state index is -0.287. The summed E-state index contributed by atoms with van der Waals surface area (Å²) in [5.41, 5.74) is 9.39. The standard InChI is InChI=1S/C19H23N3O2/c1-14-5-7-17(8-6-14)18(23)9-10-21-19(24)22-13-16-4-2-3-15(11-16)12-20/h2-8,11H,9-10,12-13,20H2,1H3,(H2,21,22,24). The predicted molar refractivity (Wildman–Crippen MR) is 94.7 cm³/mol. The molecule has 0 bridgehead atoms. The van der Waals surface area contributed by atoms with Gasteiger partial charge in [-0.05, 0) is 18.1 Å². The van der Waals surface area contributed by atoms with Gasteiger partial charge in [0.05, 0.1) is 0 Å². The molecule has 0 atom stereocenters. The Bertz CT molecular complexity index is 696. The molecule has 0 fully saturated rings. The second kappa shape index (κ2) is 8.84. The van der Waals surface area contributed by atoms with Gasteiger partial charge in [0, 0.05) is 31.6 Å². The normalized spacial score (nSPS) is 10.2. The largest absolute Gasteiger partial charge is 0.338 e. The number of nitrogens with one attached hydrogen (secondary N) is 2. The molecular weight excluding hydrogens is 302 g/mol. The zero-order chi connectivity index (χ0) is 17.4. The molecule has 2 amide bonds. The van der Waals surface area contributed by atoms with Gasteiger partial charge in [-0.15, -0.1) is 0 Å². The van der Waals surface area contributed by atoms with Gasteiger partial charge < -0.3 is 16.4 Å². The Hall–Kier alpha value is -2.66. The monoisotopic (exact) mass is 325 g/mol. The van der Waals surface area contributed by atoms with Crippen molar-refractivity contribution in [1.29, 1.82) is 0 Å². The van der Waals surface area contributed by atoms with E-state index in [1.54, 1.807) is 0 Å². The summed E-state index contributed by atoms with van der Waals surface area (Å²) >= 11 is 0. The van der Waals surface area contributed by atoms with Gasteiger partial charge in [-0.2, -0.15) is 0 Å². The van der Waals surface area contributed by atoms with Crippen molar-refractivity contribution in [3.8, 4) is 0 Å². The fourth-order valence-corrected chi connectivity index (χ4v) is 2.28. The quantitative estimate of drug-likeness (QED) is 0.684. The molecule has 0 radical (unpaired) electrons. The minimum absolute atomic E-state index is 0.0194. The maximum Gasteiger partial charge on any atom is 0.315 e. The summed E-state index contributed by atoms with van der Waals surface area (Å²) in [4.78, 5) is 23.8. The van der Waals surface area contributed by atoms with Crippen LogP contribution in [0.2, 0.25) is 0 Å². The van der Waals surface area contributed by atoms with Crippen LogP contribution in [0.4, 0.5) is 4.79 Å². The first-order valence-corrected chi connectivity index (χ1v) is 7.98. The maximum atomic E-state index is 12.0. The molecule has 126 valence electrons. The summed E-state index contributed by atoms with van der Waals surface area (Å²) in [6, 6.07) is 14.9. The number of rotatable bonds is 7. The average Bonchev–Trinajstić information content (AvgIpc) is 2.60. The maximum absolute atomic E-state index is 12.0. The van der Waals surface area contributed by atoms with Crippen molar-refractivity contribution in [3.05, 3.63) is 70.8 Å². The van der Waals surface area contributed by atoms with Crippen LogP contribution in [0.5, 0.6) is 0 Å². The van der Waals surface area contributed by atoms with Crippen LogP contribution in [0.3, 0.4) is 0 Å². The van der Waals surface area contributed by atoms with E-state index in [4.69, 9.17) is 5.73 Å². The van der Waals surface area contributed by atoms with Crippen molar-refractivity contribution in [2.75, 3.05) is 6.54 Å². The first-order chi connectivity index (χ1) is 11.6. The van der Waals surface area contributed by atoms with E-state index in [-0.39, 0.29) is 18.2 Å². The molecule has 0 heterocycles. The van der Waals surface area contributed by atoms with Crippen LogP contribution in [0.25, 0.3) is 0 Å². The molecule has 0 aliphatic heterocycles. The van der Waals surface area contributed by atoms with E-state index < -0.39 is 0 Å². The Morgan fingerprint density at radius 1 is 1.00 bits per heavy atom. The van der Waals surface area contributed by atoms with Crippen molar-refractivity contribution in [3.63, 3.8) is 0 Å². The lowest BCUT2D eigenvalue weighted by Crippen LogP contribution is -2.36. The third-order valence-corrected chi connectivity index (χ3v) is 3.69. The summed E-state index contributed by atoms with van der Waals surface area (Å²) in [6.45, 7) is 3.18. The summed E-state index contributed by atoms with van der Waals surface area (Å²) in [5.74, 6) is 0.0194. The Morgan fingerprint density at radius 3 is 2.42 bits per heavy atom. The topological polar surface area (TPSA) is 84.2 Å². The fourth-order valence-electron chi connectivity index (χ4n) is 2.28. The second-order valence-electron chi connectivity index (χ2n) is 5.67. The van der Waals surface area contributed by atoms with Gasteiger partial charge in [0.15, 0.2) is 5.78 Å². The number of carbonyl (C=O) groups is 2. The molecule has 2 aromatic rings. The number of benzene rings is 2. The SMILES string of the molecule is Cc1ccc(C(=O)CCNC(=O)NCc2cccc(CN)c2)cc1. The number of hydrogen-bond acceptors (Lipinski definition) is 3.